The summed E-state index contributed by atoms with van der Waals surface area (Å²) in [5.74, 6) is -1.53. The van der Waals surface area contributed by atoms with E-state index in [4.69, 9.17) is 9.47 Å². The number of hydrogen-bond acceptors (Lipinski definition) is 7. The molecule has 10 heteroatoms. The molecular formula is C23H28F2N4O4. The van der Waals surface area contributed by atoms with Crippen molar-refractivity contribution in [2.75, 3.05) is 30.0 Å². The van der Waals surface area contributed by atoms with Crippen molar-refractivity contribution in [3.05, 3.63) is 29.8 Å². The summed E-state index contributed by atoms with van der Waals surface area (Å²) < 4.78 is 39.1. The number of aromatic nitrogens is 2. The highest BCUT2D eigenvalue weighted by molar-refractivity contribution is 5.94. The van der Waals surface area contributed by atoms with Gasteiger partial charge in [0.05, 0.1) is 42.2 Å². The van der Waals surface area contributed by atoms with E-state index in [1.165, 1.54) is 12.0 Å². The molecule has 1 aromatic heterocycles. The predicted molar refractivity (Wildman–Crippen MR) is 119 cm³/mol. The fourth-order valence-electron chi connectivity index (χ4n) is 4.66. The van der Waals surface area contributed by atoms with Gasteiger partial charge in [0.2, 0.25) is 0 Å². The zero-order valence-corrected chi connectivity index (χ0v) is 19.4. The molecule has 8 nitrogen and oxygen atoms in total. The molecule has 0 unspecified atom stereocenters. The first kappa shape index (κ1) is 23.2. The predicted octanol–water partition coefficient (Wildman–Crippen LogP) is 3.91. The summed E-state index contributed by atoms with van der Waals surface area (Å²) in [6, 6.07) is 3.48. The van der Waals surface area contributed by atoms with Crippen LogP contribution in [0, 0.1) is 11.6 Å². The van der Waals surface area contributed by atoms with E-state index in [0.29, 0.717) is 25.1 Å². The van der Waals surface area contributed by atoms with Crippen LogP contribution in [0.3, 0.4) is 0 Å². The van der Waals surface area contributed by atoms with E-state index in [-0.39, 0.29) is 29.4 Å². The molecule has 1 fully saturated rings. The van der Waals surface area contributed by atoms with Crippen LogP contribution in [0.1, 0.15) is 40.5 Å². The number of rotatable bonds is 3. The number of ether oxygens (including phenoxy) is 2. The van der Waals surface area contributed by atoms with Crippen molar-refractivity contribution in [1.82, 2.24) is 10.2 Å². The van der Waals surface area contributed by atoms with Crippen molar-refractivity contribution in [1.29, 1.82) is 0 Å². The zero-order chi connectivity index (χ0) is 24.1. The number of aliphatic hydroxyl groups is 1. The van der Waals surface area contributed by atoms with E-state index in [1.54, 1.807) is 26.8 Å². The fraction of sp³-hybridized carbons (Fsp3) is 0.522. The normalized spacial score (nSPS) is 22.1. The zero-order valence-electron chi connectivity index (χ0n) is 19.4. The minimum absolute atomic E-state index is 0.0986. The van der Waals surface area contributed by atoms with Crippen molar-refractivity contribution < 1.29 is 28.2 Å². The molecule has 1 amide bonds. The SMILES string of the molecule is CC[C@]12C[C@@H](O)CN1c1cc(-c3cc(F)cc(F)c3OC)nnc1N(C(=O)OC(C)(C)C)C2. The molecule has 2 atom stereocenters. The largest absolute Gasteiger partial charge is 0.493 e. The van der Waals surface area contributed by atoms with Gasteiger partial charge < -0.3 is 19.5 Å². The third-order valence-corrected chi connectivity index (χ3v) is 6.10. The second-order valence-corrected chi connectivity index (χ2v) is 9.52. The maximum absolute atomic E-state index is 14.3. The number of carbonyl (C=O) groups excluding carboxylic acids is 1. The van der Waals surface area contributed by atoms with Crippen molar-refractivity contribution in [3.8, 4) is 17.0 Å². The van der Waals surface area contributed by atoms with Gasteiger partial charge in [-0.25, -0.2) is 13.6 Å². The molecule has 1 saturated heterocycles. The van der Waals surface area contributed by atoms with Crippen LogP contribution < -0.4 is 14.5 Å². The van der Waals surface area contributed by atoms with Crippen LogP contribution in [-0.2, 0) is 4.74 Å². The third-order valence-electron chi connectivity index (χ3n) is 6.10. The number of nitrogens with zero attached hydrogens (tertiary/aromatic N) is 4. The Balaban J connectivity index is 1.88. The molecule has 0 radical (unpaired) electrons. The average Bonchev–Trinajstić information content (AvgIpc) is 3.08. The van der Waals surface area contributed by atoms with Crippen LogP contribution in [0.15, 0.2) is 18.2 Å². The summed E-state index contributed by atoms with van der Waals surface area (Å²) in [5, 5.41) is 18.9. The molecule has 2 aromatic rings. The summed E-state index contributed by atoms with van der Waals surface area (Å²) in [5.41, 5.74) is -0.450. The number of β-amino-alcohol motifs (C(OH)–C–C–N with tert-alkyl or cyclic N) is 1. The highest BCUT2D eigenvalue weighted by Crippen LogP contribution is 2.47. The maximum Gasteiger partial charge on any atom is 0.416 e. The monoisotopic (exact) mass is 462 g/mol. The average molecular weight is 462 g/mol. The first-order valence-electron chi connectivity index (χ1n) is 10.9. The van der Waals surface area contributed by atoms with E-state index < -0.39 is 35.0 Å². The molecule has 1 N–H and O–H groups in total. The van der Waals surface area contributed by atoms with E-state index >= 15 is 0 Å². The Morgan fingerprint density at radius 2 is 2.00 bits per heavy atom. The van der Waals surface area contributed by atoms with E-state index in [1.807, 2.05) is 11.8 Å². The molecule has 0 bridgehead atoms. The number of fused-ring (bicyclic) bond motifs is 3. The molecule has 0 aliphatic carbocycles. The summed E-state index contributed by atoms with van der Waals surface area (Å²) in [7, 11) is 1.29. The van der Waals surface area contributed by atoms with E-state index in [0.717, 1.165) is 12.1 Å². The third kappa shape index (κ3) is 4.07. The Morgan fingerprint density at radius 1 is 1.27 bits per heavy atom. The van der Waals surface area contributed by atoms with Gasteiger partial charge in [-0.15, -0.1) is 10.2 Å². The summed E-state index contributed by atoms with van der Waals surface area (Å²) in [6.07, 6.45) is -0.0703. The lowest BCUT2D eigenvalue weighted by Gasteiger charge is -2.47. The molecular weight excluding hydrogens is 434 g/mol. The van der Waals surface area contributed by atoms with Gasteiger partial charge in [-0.05, 0) is 45.7 Å². The van der Waals surface area contributed by atoms with E-state index in [2.05, 4.69) is 10.2 Å². The van der Waals surface area contributed by atoms with Gasteiger partial charge >= 0.3 is 6.09 Å². The van der Waals surface area contributed by atoms with Crippen LogP contribution >= 0.6 is 0 Å². The van der Waals surface area contributed by atoms with Crippen LogP contribution in [0.5, 0.6) is 5.75 Å². The standard InChI is InChI=1S/C23H28F2N4O4/c1-6-23-10-14(30)11-29(23)18-9-17(15-7-13(24)8-16(25)19(15)32-5)26-27-20(18)28(12-23)21(31)33-22(2,3)4/h7-9,14,30H,6,10-12H2,1-5H3/t14-,23-/m1/s1. The number of anilines is 2. The number of hydrogen-bond donors (Lipinski definition) is 1. The lowest BCUT2D eigenvalue weighted by atomic mass is 9.89. The van der Waals surface area contributed by atoms with Crippen LogP contribution in [0.25, 0.3) is 11.3 Å². The molecule has 0 spiro atoms. The van der Waals surface area contributed by atoms with Crippen LogP contribution in [0.4, 0.5) is 25.1 Å². The molecule has 2 aliphatic rings. The number of benzene rings is 1. The smallest absolute Gasteiger partial charge is 0.416 e. The fourth-order valence-corrected chi connectivity index (χ4v) is 4.66. The van der Waals surface area contributed by atoms with Crippen molar-refractivity contribution in [2.45, 2.75) is 57.8 Å². The Bertz CT molecular complexity index is 1090. The number of halogens is 2. The lowest BCUT2D eigenvalue weighted by Crippen LogP contribution is -2.58. The number of amides is 1. The van der Waals surface area contributed by atoms with Gasteiger partial charge in [-0.3, -0.25) is 4.90 Å². The quantitative estimate of drug-likeness (QED) is 0.740. The van der Waals surface area contributed by atoms with Gasteiger partial charge in [-0.1, -0.05) is 6.92 Å². The van der Waals surface area contributed by atoms with Crippen molar-refractivity contribution in [2.24, 2.45) is 0 Å². The second kappa shape index (κ2) is 8.09. The van der Waals surface area contributed by atoms with Gasteiger partial charge in [-0.2, -0.15) is 0 Å². The van der Waals surface area contributed by atoms with Crippen molar-refractivity contribution >= 4 is 17.6 Å². The molecule has 1 aromatic carbocycles. The maximum atomic E-state index is 14.3. The minimum atomic E-state index is -0.859. The van der Waals surface area contributed by atoms with Crippen molar-refractivity contribution in [3.63, 3.8) is 0 Å². The molecule has 3 heterocycles. The lowest BCUT2D eigenvalue weighted by molar-refractivity contribution is 0.0565. The second-order valence-electron chi connectivity index (χ2n) is 9.52. The summed E-state index contributed by atoms with van der Waals surface area (Å²) in [6.45, 7) is 7.92. The Hall–Kier alpha value is -3.01. The molecule has 33 heavy (non-hydrogen) atoms. The topological polar surface area (TPSA) is 88.0 Å². The Morgan fingerprint density at radius 3 is 2.64 bits per heavy atom. The first-order valence-corrected chi connectivity index (χ1v) is 10.9. The van der Waals surface area contributed by atoms with Gasteiger partial charge in [0.1, 0.15) is 11.4 Å². The van der Waals surface area contributed by atoms with Crippen LogP contribution in [-0.4, -0.2) is 58.8 Å². The number of aliphatic hydroxyl groups excluding tert-OH is 1. The summed E-state index contributed by atoms with van der Waals surface area (Å²) in [4.78, 5) is 16.5. The molecule has 4 rings (SSSR count). The molecule has 178 valence electrons. The highest BCUT2D eigenvalue weighted by atomic mass is 19.1. The number of methoxy groups -OCH3 is 1. The summed E-state index contributed by atoms with van der Waals surface area (Å²) >= 11 is 0. The number of carbonyl (C=O) groups is 1. The molecule has 2 aliphatic heterocycles. The van der Waals surface area contributed by atoms with E-state index in [9.17, 15) is 18.7 Å². The molecule has 0 saturated carbocycles. The minimum Gasteiger partial charge on any atom is -0.493 e. The van der Waals surface area contributed by atoms with Crippen LogP contribution in [0.2, 0.25) is 0 Å². The van der Waals surface area contributed by atoms with Gasteiger partial charge in [0.15, 0.2) is 17.4 Å². The Labute approximate surface area is 191 Å². The van der Waals surface area contributed by atoms with Gasteiger partial charge in [0.25, 0.3) is 0 Å². The van der Waals surface area contributed by atoms with Gasteiger partial charge in [0, 0.05) is 12.6 Å². The Kier molecular flexibility index (Phi) is 5.68. The highest BCUT2D eigenvalue weighted by Gasteiger charge is 2.51. The first-order chi connectivity index (χ1) is 15.5.